The highest BCUT2D eigenvalue weighted by molar-refractivity contribution is 5.85. The van der Waals surface area contributed by atoms with Gasteiger partial charge >= 0.3 is 0 Å². The molecule has 1 N–H and O–H groups in total. The van der Waals surface area contributed by atoms with Gasteiger partial charge in [0.05, 0.1) is 5.60 Å². The fourth-order valence-electron chi connectivity index (χ4n) is 4.26. The van der Waals surface area contributed by atoms with Crippen LogP contribution >= 0.6 is 12.4 Å². The lowest BCUT2D eigenvalue weighted by atomic mass is 9.69. The fourth-order valence-corrected chi connectivity index (χ4v) is 4.26. The molecule has 0 aliphatic heterocycles. The molecule has 2 aromatic rings. The van der Waals surface area contributed by atoms with E-state index in [0.717, 1.165) is 32.1 Å². The van der Waals surface area contributed by atoms with Crippen LogP contribution in [0.25, 0.3) is 0 Å². The van der Waals surface area contributed by atoms with E-state index < -0.39 is 5.60 Å². The van der Waals surface area contributed by atoms with E-state index in [4.69, 9.17) is 0 Å². The summed E-state index contributed by atoms with van der Waals surface area (Å²) in [5.74, 6) is -0.168. The molecule has 0 atom stereocenters. The molecular formula is C23H31ClFNO. The average molecular weight is 392 g/mol. The molecule has 0 radical (unpaired) electrons. The third kappa shape index (κ3) is 5.31. The molecule has 1 aliphatic rings. The molecule has 0 amide bonds. The van der Waals surface area contributed by atoms with Gasteiger partial charge in [-0.05, 0) is 76.2 Å². The van der Waals surface area contributed by atoms with E-state index in [9.17, 15) is 9.50 Å². The van der Waals surface area contributed by atoms with Gasteiger partial charge in [0.25, 0.3) is 0 Å². The molecule has 0 saturated heterocycles. The van der Waals surface area contributed by atoms with Gasteiger partial charge in [0.1, 0.15) is 5.82 Å². The van der Waals surface area contributed by atoms with Crippen LogP contribution < -0.4 is 0 Å². The van der Waals surface area contributed by atoms with Crippen molar-refractivity contribution in [3.8, 4) is 0 Å². The summed E-state index contributed by atoms with van der Waals surface area (Å²) < 4.78 is 13.9. The van der Waals surface area contributed by atoms with Crippen molar-refractivity contribution in [2.24, 2.45) is 0 Å². The molecule has 4 heteroatoms. The predicted molar refractivity (Wildman–Crippen MR) is 112 cm³/mol. The van der Waals surface area contributed by atoms with Gasteiger partial charge in [-0.25, -0.2) is 4.39 Å². The molecule has 0 unspecified atom stereocenters. The molecule has 0 heterocycles. The average Bonchev–Trinajstić information content (AvgIpc) is 2.64. The predicted octanol–water partition coefficient (Wildman–Crippen LogP) is 5.03. The lowest BCUT2D eigenvalue weighted by molar-refractivity contribution is -0.0491. The second-order valence-corrected chi connectivity index (χ2v) is 8.10. The first-order valence-corrected chi connectivity index (χ1v) is 9.60. The van der Waals surface area contributed by atoms with Crippen LogP contribution in [0, 0.1) is 5.82 Å². The van der Waals surface area contributed by atoms with Crippen LogP contribution in [0.15, 0.2) is 54.6 Å². The minimum absolute atomic E-state index is 0. The largest absolute Gasteiger partial charge is 0.390 e. The molecule has 0 aromatic heterocycles. The number of likely N-dealkylation sites (N-methyl/N-ethyl adjacent to an activating group) is 1. The van der Waals surface area contributed by atoms with Gasteiger partial charge in [-0.2, -0.15) is 0 Å². The van der Waals surface area contributed by atoms with Crippen LogP contribution in [0.1, 0.15) is 43.2 Å². The Kier molecular flexibility index (Phi) is 7.44. The maximum atomic E-state index is 13.9. The summed E-state index contributed by atoms with van der Waals surface area (Å²) in [6.45, 7) is 0. The SMILES string of the molecule is CN(C)C1(Cc2ccccc2)CCC(O)(CCc2ccccc2F)CC1.Cl. The summed E-state index contributed by atoms with van der Waals surface area (Å²) in [6, 6.07) is 17.5. The Hall–Kier alpha value is -1.42. The van der Waals surface area contributed by atoms with Crippen LogP contribution in [0.3, 0.4) is 0 Å². The molecule has 0 bridgehead atoms. The van der Waals surface area contributed by atoms with Gasteiger partial charge in [0.15, 0.2) is 0 Å². The monoisotopic (exact) mass is 391 g/mol. The molecule has 3 rings (SSSR count). The van der Waals surface area contributed by atoms with Gasteiger partial charge in [-0.15, -0.1) is 12.4 Å². The summed E-state index contributed by atoms with van der Waals surface area (Å²) in [5, 5.41) is 11.1. The Morgan fingerprint density at radius 2 is 1.52 bits per heavy atom. The Balaban J connectivity index is 0.00000261. The van der Waals surface area contributed by atoms with Crippen LogP contribution in [0.5, 0.6) is 0 Å². The summed E-state index contributed by atoms with van der Waals surface area (Å²) in [5.41, 5.74) is 1.46. The Morgan fingerprint density at radius 3 is 2.11 bits per heavy atom. The Morgan fingerprint density at radius 1 is 0.926 bits per heavy atom. The van der Waals surface area contributed by atoms with Crippen LogP contribution in [0.2, 0.25) is 0 Å². The third-order valence-electron chi connectivity index (χ3n) is 6.25. The van der Waals surface area contributed by atoms with Crippen molar-refractivity contribution < 1.29 is 9.50 Å². The molecule has 1 fully saturated rings. The maximum Gasteiger partial charge on any atom is 0.126 e. The molecule has 0 spiro atoms. The number of aryl methyl sites for hydroxylation is 1. The highest BCUT2D eigenvalue weighted by Gasteiger charge is 2.42. The van der Waals surface area contributed by atoms with E-state index in [1.165, 1.54) is 11.6 Å². The fraction of sp³-hybridized carbons (Fsp3) is 0.478. The zero-order valence-electron chi connectivity index (χ0n) is 16.3. The van der Waals surface area contributed by atoms with E-state index in [2.05, 4.69) is 43.3 Å². The molecule has 2 aromatic carbocycles. The van der Waals surface area contributed by atoms with Gasteiger partial charge in [0.2, 0.25) is 0 Å². The molecule has 27 heavy (non-hydrogen) atoms. The first kappa shape index (κ1) is 21.9. The van der Waals surface area contributed by atoms with Crippen molar-refractivity contribution in [1.82, 2.24) is 4.90 Å². The van der Waals surface area contributed by atoms with E-state index in [1.807, 2.05) is 18.2 Å². The zero-order chi connectivity index (χ0) is 18.6. The van der Waals surface area contributed by atoms with Crippen molar-refractivity contribution in [1.29, 1.82) is 0 Å². The summed E-state index contributed by atoms with van der Waals surface area (Å²) in [4.78, 5) is 2.33. The standard InChI is InChI=1S/C23H30FNO.ClH/c1-25(2)22(18-19-8-4-3-5-9-19)14-16-23(26,17-15-22)13-12-20-10-6-7-11-21(20)24;/h3-11,26H,12-18H2,1-2H3;1H. The number of halogens is 2. The number of hydrogen-bond acceptors (Lipinski definition) is 2. The van der Waals surface area contributed by atoms with Crippen molar-refractivity contribution in [3.05, 3.63) is 71.5 Å². The first-order valence-electron chi connectivity index (χ1n) is 9.60. The zero-order valence-corrected chi connectivity index (χ0v) is 17.1. The molecule has 148 valence electrons. The maximum absolute atomic E-state index is 13.9. The molecular weight excluding hydrogens is 361 g/mol. The number of nitrogens with zero attached hydrogens (tertiary/aromatic N) is 1. The molecule has 1 saturated carbocycles. The molecule has 1 aliphatic carbocycles. The van der Waals surface area contributed by atoms with E-state index in [0.29, 0.717) is 18.4 Å². The lowest BCUT2D eigenvalue weighted by Gasteiger charge is -2.48. The van der Waals surface area contributed by atoms with Crippen molar-refractivity contribution in [2.45, 2.75) is 56.1 Å². The summed E-state index contributed by atoms with van der Waals surface area (Å²) >= 11 is 0. The minimum atomic E-state index is -0.682. The van der Waals surface area contributed by atoms with Crippen LogP contribution in [-0.2, 0) is 12.8 Å². The Labute approximate surface area is 168 Å². The van der Waals surface area contributed by atoms with Crippen molar-refractivity contribution in [3.63, 3.8) is 0 Å². The lowest BCUT2D eigenvalue weighted by Crippen LogP contribution is -2.52. The highest BCUT2D eigenvalue weighted by atomic mass is 35.5. The first-order chi connectivity index (χ1) is 12.4. The third-order valence-corrected chi connectivity index (χ3v) is 6.25. The van der Waals surface area contributed by atoms with E-state index in [1.54, 1.807) is 6.07 Å². The Bertz CT molecular complexity index is 711. The van der Waals surface area contributed by atoms with Crippen molar-refractivity contribution >= 4 is 12.4 Å². The number of hydrogen-bond donors (Lipinski definition) is 1. The second kappa shape index (κ2) is 9.18. The smallest absolute Gasteiger partial charge is 0.126 e. The van der Waals surface area contributed by atoms with Gasteiger partial charge in [-0.1, -0.05) is 48.5 Å². The van der Waals surface area contributed by atoms with Gasteiger partial charge in [-0.3, -0.25) is 0 Å². The van der Waals surface area contributed by atoms with Crippen LogP contribution in [-0.4, -0.2) is 35.2 Å². The minimum Gasteiger partial charge on any atom is -0.390 e. The van der Waals surface area contributed by atoms with E-state index >= 15 is 0 Å². The highest BCUT2D eigenvalue weighted by Crippen LogP contribution is 2.41. The summed E-state index contributed by atoms with van der Waals surface area (Å²) in [7, 11) is 4.29. The number of rotatable bonds is 6. The topological polar surface area (TPSA) is 23.5 Å². The van der Waals surface area contributed by atoms with Crippen LogP contribution in [0.4, 0.5) is 4.39 Å². The second-order valence-electron chi connectivity index (χ2n) is 8.10. The number of aliphatic hydroxyl groups is 1. The van der Waals surface area contributed by atoms with Crippen molar-refractivity contribution in [2.75, 3.05) is 14.1 Å². The van der Waals surface area contributed by atoms with E-state index in [-0.39, 0.29) is 23.8 Å². The van der Waals surface area contributed by atoms with Gasteiger partial charge < -0.3 is 10.0 Å². The molecule has 2 nitrogen and oxygen atoms in total. The summed E-state index contributed by atoms with van der Waals surface area (Å²) in [6.07, 6.45) is 5.69. The normalized spacial score (nSPS) is 25.2. The number of benzene rings is 2. The quantitative estimate of drug-likeness (QED) is 0.746. The van der Waals surface area contributed by atoms with Gasteiger partial charge in [0, 0.05) is 5.54 Å².